The minimum Gasteiger partial charge on any atom is -0.435 e. The minimum atomic E-state index is -3.21. The van der Waals surface area contributed by atoms with Gasteiger partial charge in [0.2, 0.25) is 0 Å². The Hall–Kier alpha value is -3.50. The first-order valence-electron chi connectivity index (χ1n) is 7.30. The molecule has 0 aliphatic heterocycles. The number of alkyl halides is 4. The number of hydrogen-bond acceptors (Lipinski definition) is 4. The Balaban J connectivity index is 2.03. The van der Waals surface area contributed by atoms with Crippen LogP contribution < -0.4 is 20.3 Å². The van der Waals surface area contributed by atoms with Crippen molar-refractivity contribution in [3.05, 3.63) is 53.9 Å². The van der Waals surface area contributed by atoms with Gasteiger partial charge in [0.15, 0.2) is 0 Å². The van der Waals surface area contributed by atoms with E-state index >= 15 is 0 Å². The number of nitrogens with one attached hydrogen (secondary N) is 3. The number of aromatic nitrogens is 1. The molecule has 0 aliphatic rings. The second kappa shape index (κ2) is 9.27. The second-order valence-corrected chi connectivity index (χ2v) is 4.82. The van der Waals surface area contributed by atoms with Crippen LogP contribution in [-0.2, 0) is 4.79 Å². The van der Waals surface area contributed by atoms with Gasteiger partial charge in [0.05, 0.1) is 0 Å². The average molecular weight is 387 g/mol. The van der Waals surface area contributed by atoms with E-state index < -0.39 is 30.8 Å². The summed E-state index contributed by atoms with van der Waals surface area (Å²) in [6.07, 6.45) is 3.54. The zero-order valence-corrected chi connectivity index (χ0v) is 13.4. The maximum atomic E-state index is 12.5. The van der Waals surface area contributed by atoms with Gasteiger partial charge >= 0.3 is 13.2 Å². The molecule has 0 saturated carbocycles. The number of halogens is 4. The number of aromatic amines is 1. The number of rotatable bonds is 7. The highest BCUT2D eigenvalue weighted by molar-refractivity contribution is 5.97. The lowest BCUT2D eigenvalue weighted by atomic mass is 10.1. The zero-order chi connectivity index (χ0) is 19.8. The van der Waals surface area contributed by atoms with Gasteiger partial charge in [-0.3, -0.25) is 20.4 Å². The standard InChI is InChI=1S/C16H13F4N3O4/c17-15(18)26-10-5-3-9(12(8-10)27-16(19)20)4-6-13(24)22-23-14(25)11-2-1-7-21-11/h1-8,15-16,21H,(H,22,24)(H,23,25)/b6-4+. The predicted octanol–water partition coefficient (Wildman–Crippen LogP) is 2.69. The number of amides is 2. The van der Waals surface area contributed by atoms with Gasteiger partial charge in [-0.05, 0) is 30.3 Å². The van der Waals surface area contributed by atoms with Crippen LogP contribution in [0.5, 0.6) is 11.5 Å². The molecule has 1 heterocycles. The van der Waals surface area contributed by atoms with E-state index in [-0.39, 0.29) is 17.0 Å². The van der Waals surface area contributed by atoms with Gasteiger partial charge in [0.25, 0.3) is 11.8 Å². The van der Waals surface area contributed by atoms with Crippen LogP contribution in [0.3, 0.4) is 0 Å². The van der Waals surface area contributed by atoms with Crippen molar-refractivity contribution in [3.8, 4) is 11.5 Å². The Bertz CT molecular complexity index is 810. The van der Waals surface area contributed by atoms with Crippen molar-refractivity contribution >= 4 is 17.9 Å². The number of carbonyl (C=O) groups excluding carboxylic acids is 2. The minimum absolute atomic E-state index is 0.00256. The zero-order valence-electron chi connectivity index (χ0n) is 13.4. The largest absolute Gasteiger partial charge is 0.435 e. The highest BCUT2D eigenvalue weighted by Gasteiger charge is 2.12. The maximum Gasteiger partial charge on any atom is 0.387 e. The lowest BCUT2D eigenvalue weighted by Crippen LogP contribution is -2.40. The van der Waals surface area contributed by atoms with Gasteiger partial charge in [0.1, 0.15) is 17.2 Å². The Morgan fingerprint density at radius 1 is 1.04 bits per heavy atom. The van der Waals surface area contributed by atoms with Crippen LogP contribution in [-0.4, -0.2) is 30.0 Å². The third-order valence-corrected chi connectivity index (χ3v) is 2.98. The fourth-order valence-electron chi connectivity index (χ4n) is 1.89. The number of carbonyl (C=O) groups is 2. The third kappa shape index (κ3) is 6.38. The molecule has 0 spiro atoms. The van der Waals surface area contributed by atoms with Crippen LogP contribution >= 0.6 is 0 Å². The highest BCUT2D eigenvalue weighted by atomic mass is 19.3. The molecule has 1 aromatic carbocycles. The fraction of sp³-hybridized carbons (Fsp3) is 0.125. The summed E-state index contributed by atoms with van der Waals surface area (Å²) in [5.74, 6) is -2.23. The van der Waals surface area contributed by atoms with Crippen LogP contribution in [0, 0.1) is 0 Å². The third-order valence-electron chi connectivity index (χ3n) is 2.98. The van der Waals surface area contributed by atoms with E-state index in [0.29, 0.717) is 0 Å². The van der Waals surface area contributed by atoms with Gasteiger partial charge in [-0.1, -0.05) is 0 Å². The topological polar surface area (TPSA) is 92.4 Å². The van der Waals surface area contributed by atoms with Crippen molar-refractivity contribution in [2.24, 2.45) is 0 Å². The SMILES string of the molecule is O=C(/C=C/c1ccc(OC(F)F)cc1OC(F)F)NNC(=O)c1ccc[nH]1. The normalized spacial score (nSPS) is 11.0. The van der Waals surface area contributed by atoms with E-state index in [4.69, 9.17) is 0 Å². The molecule has 2 rings (SSSR count). The lowest BCUT2D eigenvalue weighted by Gasteiger charge is -2.11. The van der Waals surface area contributed by atoms with E-state index in [1.807, 2.05) is 0 Å². The van der Waals surface area contributed by atoms with Crippen LogP contribution in [0.1, 0.15) is 16.1 Å². The van der Waals surface area contributed by atoms with Crippen LogP contribution in [0.25, 0.3) is 6.08 Å². The molecular weight excluding hydrogens is 374 g/mol. The summed E-state index contributed by atoms with van der Waals surface area (Å²) in [4.78, 5) is 26.0. The van der Waals surface area contributed by atoms with Crippen molar-refractivity contribution in [3.63, 3.8) is 0 Å². The number of hydrogen-bond donors (Lipinski definition) is 3. The summed E-state index contributed by atoms with van der Waals surface area (Å²) < 4.78 is 57.7. The molecular formula is C16H13F4N3O4. The van der Waals surface area contributed by atoms with Crippen LogP contribution in [0.4, 0.5) is 17.6 Å². The van der Waals surface area contributed by atoms with Gasteiger partial charge in [-0.15, -0.1) is 0 Å². The molecule has 0 atom stereocenters. The molecule has 0 aliphatic carbocycles. The van der Waals surface area contributed by atoms with Gasteiger partial charge in [0, 0.05) is 23.9 Å². The number of hydrazine groups is 1. The highest BCUT2D eigenvalue weighted by Crippen LogP contribution is 2.28. The van der Waals surface area contributed by atoms with Crippen molar-refractivity contribution in [2.45, 2.75) is 13.2 Å². The smallest absolute Gasteiger partial charge is 0.387 e. The molecule has 144 valence electrons. The molecule has 0 unspecified atom stereocenters. The van der Waals surface area contributed by atoms with E-state index in [2.05, 4.69) is 25.3 Å². The van der Waals surface area contributed by atoms with Gasteiger partial charge < -0.3 is 14.5 Å². The van der Waals surface area contributed by atoms with E-state index in [9.17, 15) is 27.2 Å². The van der Waals surface area contributed by atoms with Gasteiger partial charge in [-0.2, -0.15) is 17.6 Å². The summed E-state index contributed by atoms with van der Waals surface area (Å²) >= 11 is 0. The van der Waals surface area contributed by atoms with E-state index in [1.165, 1.54) is 12.3 Å². The Morgan fingerprint density at radius 3 is 2.41 bits per heavy atom. The Morgan fingerprint density at radius 2 is 1.78 bits per heavy atom. The first kappa shape index (κ1) is 19.8. The molecule has 7 nitrogen and oxygen atoms in total. The summed E-state index contributed by atoms with van der Waals surface area (Å²) in [5, 5.41) is 0. The van der Waals surface area contributed by atoms with Crippen molar-refractivity contribution < 1.29 is 36.6 Å². The predicted molar refractivity (Wildman–Crippen MR) is 85.1 cm³/mol. The van der Waals surface area contributed by atoms with Crippen molar-refractivity contribution in [1.82, 2.24) is 15.8 Å². The van der Waals surface area contributed by atoms with Crippen molar-refractivity contribution in [1.29, 1.82) is 0 Å². The molecule has 0 radical (unpaired) electrons. The molecule has 1 aromatic heterocycles. The molecule has 2 amide bonds. The first-order valence-corrected chi connectivity index (χ1v) is 7.30. The first-order chi connectivity index (χ1) is 12.8. The lowest BCUT2D eigenvalue weighted by molar-refractivity contribution is -0.117. The molecule has 2 aromatic rings. The average Bonchev–Trinajstić information content (AvgIpc) is 3.12. The Labute approximate surface area is 149 Å². The molecule has 0 fully saturated rings. The monoisotopic (exact) mass is 387 g/mol. The van der Waals surface area contributed by atoms with E-state index in [1.54, 1.807) is 6.07 Å². The number of benzene rings is 1. The molecule has 27 heavy (non-hydrogen) atoms. The molecule has 3 N–H and O–H groups in total. The summed E-state index contributed by atoms with van der Waals surface area (Å²) in [6.45, 7) is -6.35. The molecule has 11 heteroatoms. The quantitative estimate of drug-likeness (QED) is 0.387. The Kier molecular flexibility index (Phi) is 6.80. The summed E-state index contributed by atoms with van der Waals surface area (Å²) in [7, 11) is 0. The van der Waals surface area contributed by atoms with Crippen LogP contribution in [0.2, 0.25) is 0 Å². The maximum absolute atomic E-state index is 12.5. The van der Waals surface area contributed by atoms with E-state index in [0.717, 1.165) is 30.4 Å². The van der Waals surface area contributed by atoms with Crippen LogP contribution in [0.15, 0.2) is 42.6 Å². The number of H-pyrrole nitrogens is 1. The second-order valence-electron chi connectivity index (χ2n) is 4.82. The summed E-state index contributed by atoms with van der Waals surface area (Å²) in [5.41, 5.74) is 4.42. The number of ether oxygens (including phenoxy) is 2. The molecule has 0 saturated heterocycles. The van der Waals surface area contributed by atoms with Crippen molar-refractivity contribution in [2.75, 3.05) is 0 Å². The summed E-state index contributed by atoms with van der Waals surface area (Å²) in [6, 6.07) is 6.14. The van der Waals surface area contributed by atoms with Gasteiger partial charge in [-0.25, -0.2) is 0 Å². The molecule has 0 bridgehead atoms. The fourth-order valence-corrected chi connectivity index (χ4v) is 1.89.